The molecule has 13 heteroatoms. The second-order valence-corrected chi connectivity index (χ2v) is 15.2. The Bertz CT molecular complexity index is 2880. The molecule has 0 radical (unpaired) electrons. The van der Waals surface area contributed by atoms with Crippen LogP contribution in [-0.2, 0) is 42.1 Å². The van der Waals surface area contributed by atoms with Crippen LogP contribution >= 0.6 is 0 Å². The molecule has 9 aromatic rings. The van der Waals surface area contributed by atoms with Gasteiger partial charge in [-0.2, -0.15) is 74.0 Å². The Kier molecular flexibility index (Phi) is 18.0. The van der Waals surface area contributed by atoms with Crippen LogP contribution in [0.15, 0.2) is 223 Å². The van der Waals surface area contributed by atoms with Crippen LogP contribution in [0.2, 0.25) is 0 Å². The van der Waals surface area contributed by atoms with Crippen LogP contribution in [0.3, 0.4) is 0 Å². The molecule has 0 fully saturated rings. The number of aromatic nitrogens is 3. The molecule has 0 aliphatic carbocycles. The third-order valence-electron chi connectivity index (χ3n) is 10.7. The van der Waals surface area contributed by atoms with E-state index >= 15 is 0 Å². The molecule has 11 nitrogen and oxygen atoms in total. The van der Waals surface area contributed by atoms with Crippen molar-refractivity contribution in [1.29, 1.82) is 0 Å². The van der Waals surface area contributed by atoms with Crippen LogP contribution < -0.4 is 19.6 Å². The van der Waals surface area contributed by atoms with Crippen molar-refractivity contribution in [2.75, 3.05) is 33.7 Å². The fourth-order valence-corrected chi connectivity index (χ4v) is 7.38. The molecule has 6 aromatic carbocycles. The number of fused-ring (bicyclic) bond motifs is 2. The van der Waals surface area contributed by atoms with E-state index < -0.39 is 0 Å². The second kappa shape index (κ2) is 25.1. The van der Waals surface area contributed by atoms with Gasteiger partial charge in [-0.3, -0.25) is 0 Å². The molecule has 0 bridgehead atoms. The Morgan fingerprint density at radius 2 is 0.871 bits per heavy atom. The number of rotatable bonds is 10. The first kappa shape index (κ1) is 50.2. The third-order valence-corrected chi connectivity index (χ3v) is 10.7. The molecular weight excluding hydrogens is 1230 g/mol. The van der Waals surface area contributed by atoms with Crippen LogP contribution in [0.5, 0.6) is 0 Å². The maximum atomic E-state index is 4.96. The van der Waals surface area contributed by atoms with E-state index in [0.29, 0.717) is 0 Å². The number of pyridine rings is 3. The molecule has 5 heterocycles. The SMILES string of the molecule is C(=Nc1ccccc1)[N-]c1ccccc1-c1cccc(-c2ccccc2[N-]C=Nc2ccccc2)n1.CN1[CH-]N(c2[c-]cccc2)c2ncccc21.CN1[CH-]N(c2[c-]cccc2)c2ncccc21.[Pt].[Pt]. The zero-order valence-electron chi connectivity index (χ0n) is 38.1. The van der Waals surface area contributed by atoms with E-state index in [1.807, 2.05) is 238 Å². The van der Waals surface area contributed by atoms with Gasteiger partial charge in [-0.15, -0.1) is 11.4 Å². The van der Waals surface area contributed by atoms with Crippen molar-refractivity contribution in [1.82, 2.24) is 15.0 Å². The summed E-state index contributed by atoms with van der Waals surface area (Å²) in [4.78, 5) is 30.8. The number of para-hydroxylation sites is 6. The second-order valence-electron chi connectivity index (χ2n) is 15.2. The minimum Gasteiger partial charge on any atom is -0.502 e. The smallest absolute Gasteiger partial charge is 0.124 e. The van der Waals surface area contributed by atoms with Gasteiger partial charge in [0, 0.05) is 77.0 Å². The van der Waals surface area contributed by atoms with Gasteiger partial charge in [-0.1, -0.05) is 128 Å². The zero-order chi connectivity index (χ0) is 46.3. The summed E-state index contributed by atoms with van der Waals surface area (Å²) in [6, 6.07) is 71.5. The molecule has 2 aliphatic rings. The van der Waals surface area contributed by atoms with Crippen molar-refractivity contribution in [3.8, 4) is 22.5 Å². The van der Waals surface area contributed by atoms with E-state index in [2.05, 4.69) is 64.7 Å². The number of benzene rings is 6. The predicted octanol–water partition coefficient (Wildman–Crippen LogP) is 14.3. The first-order valence-corrected chi connectivity index (χ1v) is 21.9. The predicted molar refractivity (Wildman–Crippen MR) is 279 cm³/mol. The van der Waals surface area contributed by atoms with Gasteiger partial charge in [0.2, 0.25) is 0 Å². The molecular formula is C57H45N11Pt2-6. The Balaban J connectivity index is 0.000000175. The molecule has 3 aromatic heterocycles. The van der Waals surface area contributed by atoms with Crippen LogP contribution in [-0.4, -0.2) is 41.7 Å². The largest absolute Gasteiger partial charge is 0.502 e. The minimum absolute atomic E-state index is 0. The minimum atomic E-state index is 0. The standard InChI is InChI=1S/C31H23N5.2C13H11N3.2Pt/c1-3-12-24(13-4-1)32-22-34-28-18-9-7-16-26(28)30-20-11-21-31(36-30)27-17-8-10-19-29(27)35-23-33-25-14-5-2-6-15-25;2*1-15-10-16(11-6-3-2-4-7-11)13-12(15)8-5-9-14-13;;/h1-23H;2*2-6,8-10H,1H3;;/q3*-2;;. The van der Waals surface area contributed by atoms with Crippen LogP contribution in [0.4, 0.5) is 57.1 Å². The van der Waals surface area contributed by atoms with Crippen LogP contribution in [0.1, 0.15) is 0 Å². The maximum Gasteiger partial charge on any atom is 0.124 e. The summed E-state index contributed by atoms with van der Waals surface area (Å²) in [5.41, 5.74) is 11.1. The fourth-order valence-electron chi connectivity index (χ4n) is 7.38. The average molecular weight is 1270 g/mol. The van der Waals surface area contributed by atoms with Gasteiger partial charge in [-0.25, -0.2) is 15.0 Å². The van der Waals surface area contributed by atoms with Gasteiger partial charge < -0.3 is 40.2 Å². The van der Waals surface area contributed by atoms with Gasteiger partial charge in [0.25, 0.3) is 0 Å². The number of aliphatic imine (C=N–C) groups is 2. The zero-order valence-corrected chi connectivity index (χ0v) is 42.6. The van der Waals surface area contributed by atoms with Gasteiger partial charge in [-0.05, 0) is 73.2 Å². The molecule has 70 heavy (non-hydrogen) atoms. The molecule has 0 saturated carbocycles. The Morgan fingerprint density at radius 1 is 0.457 bits per heavy atom. The topological polar surface area (TPSA) is 105 Å². The number of hydrogen-bond donors (Lipinski definition) is 0. The molecule has 0 atom stereocenters. The monoisotopic (exact) mass is 1270 g/mol. The quantitative estimate of drug-likeness (QED) is 0.0763. The number of hydrogen-bond acceptors (Lipinski definition) is 9. The van der Waals surface area contributed by atoms with Crippen molar-refractivity contribution >= 4 is 69.8 Å². The first-order valence-electron chi connectivity index (χ1n) is 21.9. The summed E-state index contributed by atoms with van der Waals surface area (Å²) in [6.07, 6.45) is 6.78. The molecule has 0 saturated heterocycles. The molecule has 0 N–H and O–H groups in total. The summed E-state index contributed by atoms with van der Waals surface area (Å²) in [5, 5.41) is 9.20. The Labute approximate surface area is 438 Å². The molecule has 0 unspecified atom stereocenters. The first-order chi connectivity index (χ1) is 33.6. The van der Waals surface area contributed by atoms with Gasteiger partial charge in [0.15, 0.2) is 0 Å². The van der Waals surface area contributed by atoms with Crippen LogP contribution in [0.25, 0.3) is 33.1 Å². The summed E-state index contributed by atoms with van der Waals surface area (Å²) in [7, 11) is 4.03. The normalized spacial score (nSPS) is 12.1. The molecule has 0 amide bonds. The Hall–Kier alpha value is -7.71. The van der Waals surface area contributed by atoms with E-state index in [9.17, 15) is 0 Å². The van der Waals surface area contributed by atoms with E-state index in [1.165, 1.54) is 0 Å². The van der Waals surface area contributed by atoms with E-state index in [4.69, 9.17) is 4.98 Å². The van der Waals surface area contributed by atoms with Gasteiger partial charge in [0.05, 0.1) is 11.4 Å². The Morgan fingerprint density at radius 3 is 1.30 bits per heavy atom. The van der Waals surface area contributed by atoms with E-state index in [0.717, 1.165) is 79.6 Å². The van der Waals surface area contributed by atoms with Crippen molar-refractivity contribution in [3.05, 3.63) is 249 Å². The van der Waals surface area contributed by atoms with Gasteiger partial charge >= 0.3 is 0 Å². The average Bonchev–Trinajstić information content (AvgIpc) is 3.94. The van der Waals surface area contributed by atoms with Crippen molar-refractivity contribution in [2.45, 2.75) is 0 Å². The van der Waals surface area contributed by atoms with Gasteiger partial charge in [0.1, 0.15) is 11.6 Å². The summed E-state index contributed by atoms with van der Waals surface area (Å²) in [5.74, 6) is 1.90. The number of anilines is 6. The number of nitrogens with zero attached hydrogens (tertiary/aromatic N) is 11. The maximum absolute atomic E-state index is 4.96. The molecule has 2 aliphatic heterocycles. The van der Waals surface area contributed by atoms with Crippen molar-refractivity contribution in [2.24, 2.45) is 9.98 Å². The molecule has 354 valence electrons. The molecule has 0 spiro atoms. The van der Waals surface area contributed by atoms with Crippen molar-refractivity contribution < 1.29 is 42.1 Å². The fraction of sp³-hybridized carbons (Fsp3) is 0.0351. The summed E-state index contributed by atoms with van der Waals surface area (Å²) in [6.45, 7) is 4.03. The van der Waals surface area contributed by atoms with Crippen molar-refractivity contribution in [3.63, 3.8) is 0 Å². The summed E-state index contributed by atoms with van der Waals surface area (Å²) >= 11 is 0. The van der Waals surface area contributed by atoms with E-state index in [1.54, 1.807) is 12.7 Å². The summed E-state index contributed by atoms with van der Waals surface area (Å²) < 4.78 is 0. The van der Waals surface area contributed by atoms with E-state index in [-0.39, 0.29) is 42.1 Å². The molecule has 11 rings (SSSR count). The third kappa shape index (κ3) is 12.5. The van der Waals surface area contributed by atoms with Crippen LogP contribution in [0, 0.1) is 25.5 Å².